The van der Waals surface area contributed by atoms with Gasteiger partial charge in [-0.2, -0.15) is 5.10 Å². The SMILES string of the molecule is CC(=O)Nc1c(-c2ccnc(N[C@H]3CC[C@H](O)CC3)n2)cnn1C. The second-order valence-corrected chi connectivity index (χ2v) is 6.13. The molecule has 3 N–H and O–H groups in total. The van der Waals surface area contributed by atoms with E-state index in [1.807, 2.05) is 0 Å². The molecule has 0 radical (unpaired) electrons. The topological polar surface area (TPSA) is 105 Å². The second-order valence-electron chi connectivity index (χ2n) is 6.13. The van der Waals surface area contributed by atoms with Crippen LogP contribution in [0.25, 0.3) is 11.3 Å². The van der Waals surface area contributed by atoms with Crippen molar-refractivity contribution in [1.29, 1.82) is 0 Å². The first-order chi connectivity index (χ1) is 11.5. The molecule has 0 aliphatic heterocycles. The highest BCUT2D eigenvalue weighted by Crippen LogP contribution is 2.27. The number of hydrogen-bond acceptors (Lipinski definition) is 6. The monoisotopic (exact) mass is 330 g/mol. The zero-order chi connectivity index (χ0) is 17.1. The summed E-state index contributed by atoms with van der Waals surface area (Å²) in [6.07, 6.45) is 6.57. The van der Waals surface area contributed by atoms with Crippen molar-refractivity contribution in [1.82, 2.24) is 19.7 Å². The summed E-state index contributed by atoms with van der Waals surface area (Å²) < 4.78 is 1.61. The molecule has 2 aromatic rings. The molecule has 24 heavy (non-hydrogen) atoms. The van der Waals surface area contributed by atoms with E-state index in [1.54, 1.807) is 30.2 Å². The first-order valence-electron chi connectivity index (χ1n) is 8.10. The summed E-state index contributed by atoms with van der Waals surface area (Å²) in [6, 6.07) is 2.06. The molecule has 0 saturated heterocycles. The standard InChI is InChI=1S/C16H22N6O2/c1-10(23)19-15-13(9-18-22(15)2)14-7-8-17-16(21-14)20-11-3-5-12(24)6-4-11/h7-9,11-12,24H,3-6H2,1-2H3,(H,19,23)(H,17,20,21)/t11-,12-. The largest absolute Gasteiger partial charge is 0.393 e. The van der Waals surface area contributed by atoms with Gasteiger partial charge < -0.3 is 15.7 Å². The highest BCUT2D eigenvalue weighted by Gasteiger charge is 2.20. The zero-order valence-corrected chi connectivity index (χ0v) is 13.9. The quantitative estimate of drug-likeness (QED) is 0.785. The predicted octanol–water partition coefficient (Wildman–Crippen LogP) is 1.55. The second kappa shape index (κ2) is 6.96. The maximum Gasteiger partial charge on any atom is 0.223 e. The predicted molar refractivity (Wildman–Crippen MR) is 90.4 cm³/mol. The minimum absolute atomic E-state index is 0.159. The summed E-state index contributed by atoms with van der Waals surface area (Å²) in [5, 5.41) is 19.9. The number of carbonyl (C=O) groups is 1. The number of hydrogen-bond donors (Lipinski definition) is 3. The van der Waals surface area contributed by atoms with Crippen LogP contribution in [0.15, 0.2) is 18.5 Å². The van der Waals surface area contributed by atoms with Crippen LogP contribution in [0.2, 0.25) is 0 Å². The first-order valence-corrected chi connectivity index (χ1v) is 8.10. The van der Waals surface area contributed by atoms with Crippen LogP contribution in [-0.2, 0) is 11.8 Å². The lowest BCUT2D eigenvalue weighted by Crippen LogP contribution is -2.28. The summed E-state index contributed by atoms with van der Waals surface area (Å²) in [5.74, 6) is 0.993. The van der Waals surface area contributed by atoms with Gasteiger partial charge in [0.05, 0.1) is 23.6 Å². The van der Waals surface area contributed by atoms with E-state index in [2.05, 4.69) is 25.7 Å². The molecule has 3 rings (SSSR count). The third-order valence-corrected chi connectivity index (χ3v) is 4.19. The highest BCUT2D eigenvalue weighted by molar-refractivity contribution is 5.92. The van der Waals surface area contributed by atoms with E-state index in [0.717, 1.165) is 31.2 Å². The number of nitrogens with one attached hydrogen (secondary N) is 2. The van der Waals surface area contributed by atoms with Crippen LogP contribution in [0, 0.1) is 0 Å². The summed E-state index contributed by atoms with van der Waals surface area (Å²) in [6.45, 7) is 1.46. The normalized spacial score (nSPS) is 20.6. The first kappa shape index (κ1) is 16.4. The van der Waals surface area contributed by atoms with E-state index in [0.29, 0.717) is 17.5 Å². The fourth-order valence-corrected chi connectivity index (χ4v) is 2.92. The van der Waals surface area contributed by atoms with Gasteiger partial charge in [-0.05, 0) is 31.7 Å². The molecule has 0 atom stereocenters. The number of anilines is 2. The van der Waals surface area contributed by atoms with Crippen LogP contribution < -0.4 is 10.6 Å². The Morgan fingerprint density at radius 2 is 2.08 bits per heavy atom. The fourth-order valence-electron chi connectivity index (χ4n) is 2.92. The molecule has 0 unspecified atom stereocenters. The van der Waals surface area contributed by atoms with Gasteiger partial charge in [0.25, 0.3) is 0 Å². The number of rotatable bonds is 4. The molecule has 1 aliphatic carbocycles. The van der Waals surface area contributed by atoms with Gasteiger partial charge in [0.2, 0.25) is 11.9 Å². The van der Waals surface area contributed by atoms with Crippen LogP contribution in [-0.4, -0.2) is 42.9 Å². The van der Waals surface area contributed by atoms with E-state index in [4.69, 9.17) is 0 Å². The van der Waals surface area contributed by atoms with Crippen molar-refractivity contribution in [3.8, 4) is 11.3 Å². The van der Waals surface area contributed by atoms with E-state index in [1.165, 1.54) is 6.92 Å². The average molecular weight is 330 g/mol. The number of aliphatic hydroxyl groups is 1. The van der Waals surface area contributed by atoms with Gasteiger partial charge in [0.15, 0.2) is 0 Å². The van der Waals surface area contributed by atoms with Gasteiger partial charge >= 0.3 is 0 Å². The molecule has 0 spiro atoms. The summed E-state index contributed by atoms with van der Waals surface area (Å²) >= 11 is 0. The lowest BCUT2D eigenvalue weighted by atomic mass is 9.93. The van der Waals surface area contributed by atoms with E-state index < -0.39 is 0 Å². The molecule has 1 saturated carbocycles. The smallest absolute Gasteiger partial charge is 0.223 e. The number of carbonyl (C=O) groups excluding carboxylic acids is 1. The molecular weight excluding hydrogens is 308 g/mol. The maximum absolute atomic E-state index is 11.4. The van der Waals surface area contributed by atoms with Gasteiger partial charge in [0, 0.05) is 26.2 Å². The van der Waals surface area contributed by atoms with Crippen LogP contribution in [0.5, 0.6) is 0 Å². The molecule has 1 fully saturated rings. The molecule has 1 amide bonds. The summed E-state index contributed by atoms with van der Waals surface area (Å²) in [5.41, 5.74) is 1.44. The van der Waals surface area contributed by atoms with Gasteiger partial charge in [-0.25, -0.2) is 9.97 Å². The van der Waals surface area contributed by atoms with Gasteiger partial charge in [-0.1, -0.05) is 0 Å². The van der Waals surface area contributed by atoms with Crippen LogP contribution in [0.1, 0.15) is 32.6 Å². The Morgan fingerprint density at radius 1 is 1.33 bits per heavy atom. The van der Waals surface area contributed by atoms with Crippen LogP contribution >= 0.6 is 0 Å². The van der Waals surface area contributed by atoms with Crippen LogP contribution in [0.4, 0.5) is 11.8 Å². The average Bonchev–Trinajstić information content (AvgIpc) is 2.90. The Hall–Kier alpha value is -2.48. The number of nitrogens with zero attached hydrogens (tertiary/aromatic N) is 4. The molecule has 8 heteroatoms. The molecule has 8 nitrogen and oxygen atoms in total. The third-order valence-electron chi connectivity index (χ3n) is 4.19. The van der Waals surface area contributed by atoms with Gasteiger partial charge in [-0.3, -0.25) is 9.48 Å². The van der Waals surface area contributed by atoms with Crippen molar-refractivity contribution >= 4 is 17.7 Å². The fraction of sp³-hybridized carbons (Fsp3) is 0.500. The minimum atomic E-state index is -0.189. The number of aryl methyl sites for hydroxylation is 1. The lowest BCUT2D eigenvalue weighted by molar-refractivity contribution is -0.114. The number of aromatic nitrogens is 4. The maximum atomic E-state index is 11.4. The van der Waals surface area contributed by atoms with Crippen LogP contribution in [0.3, 0.4) is 0 Å². The molecule has 0 bridgehead atoms. The highest BCUT2D eigenvalue weighted by atomic mass is 16.3. The molecular formula is C16H22N6O2. The summed E-state index contributed by atoms with van der Waals surface area (Å²) in [7, 11) is 1.77. The molecule has 1 aliphatic rings. The molecule has 2 heterocycles. The minimum Gasteiger partial charge on any atom is -0.393 e. The van der Waals surface area contributed by atoms with Gasteiger partial charge in [0.1, 0.15) is 5.82 Å². The Balaban J connectivity index is 1.79. The Kier molecular flexibility index (Phi) is 4.75. The third kappa shape index (κ3) is 3.70. The summed E-state index contributed by atoms with van der Waals surface area (Å²) in [4.78, 5) is 20.2. The van der Waals surface area contributed by atoms with Crippen molar-refractivity contribution in [2.75, 3.05) is 10.6 Å². The van der Waals surface area contributed by atoms with E-state index in [-0.39, 0.29) is 18.1 Å². The van der Waals surface area contributed by atoms with Crippen molar-refractivity contribution in [2.45, 2.75) is 44.8 Å². The van der Waals surface area contributed by atoms with E-state index in [9.17, 15) is 9.90 Å². The number of amides is 1. The molecule has 128 valence electrons. The van der Waals surface area contributed by atoms with Crippen molar-refractivity contribution < 1.29 is 9.90 Å². The Bertz CT molecular complexity index is 721. The molecule has 0 aromatic carbocycles. The zero-order valence-electron chi connectivity index (χ0n) is 13.9. The Labute approximate surface area is 140 Å². The van der Waals surface area contributed by atoms with Gasteiger partial charge in [-0.15, -0.1) is 0 Å². The Morgan fingerprint density at radius 3 is 2.79 bits per heavy atom. The molecule has 2 aromatic heterocycles. The van der Waals surface area contributed by atoms with Crippen molar-refractivity contribution in [3.63, 3.8) is 0 Å². The van der Waals surface area contributed by atoms with E-state index >= 15 is 0 Å². The number of aliphatic hydroxyl groups excluding tert-OH is 1. The van der Waals surface area contributed by atoms with Crippen molar-refractivity contribution in [3.05, 3.63) is 18.5 Å². The lowest BCUT2D eigenvalue weighted by Gasteiger charge is -2.26. The van der Waals surface area contributed by atoms with Crippen molar-refractivity contribution in [2.24, 2.45) is 7.05 Å².